The first-order valence-corrected chi connectivity index (χ1v) is 10.9. The summed E-state index contributed by atoms with van der Waals surface area (Å²) in [6, 6.07) is 14.9. The SMILES string of the molecule is Cc1ccc(S(=O)(=O)N2CCC[C@H]2C(=O)OCC(=O)NCc2ccccc2)cc1. The third-order valence-corrected chi connectivity index (χ3v) is 6.70. The molecule has 0 aliphatic carbocycles. The molecule has 0 spiro atoms. The van der Waals surface area contributed by atoms with Gasteiger partial charge in [0, 0.05) is 13.1 Å². The molecule has 0 saturated carbocycles. The molecule has 1 amide bonds. The van der Waals surface area contributed by atoms with Crippen molar-refractivity contribution in [1.29, 1.82) is 0 Å². The van der Waals surface area contributed by atoms with Gasteiger partial charge in [-0.3, -0.25) is 9.59 Å². The molecule has 154 valence electrons. The summed E-state index contributed by atoms with van der Waals surface area (Å²) >= 11 is 0. The van der Waals surface area contributed by atoms with Gasteiger partial charge in [-0.25, -0.2) is 8.42 Å². The van der Waals surface area contributed by atoms with E-state index in [0.717, 1.165) is 11.1 Å². The van der Waals surface area contributed by atoms with Crippen LogP contribution in [0.2, 0.25) is 0 Å². The lowest BCUT2D eigenvalue weighted by Gasteiger charge is -2.22. The maximum Gasteiger partial charge on any atom is 0.324 e. The summed E-state index contributed by atoms with van der Waals surface area (Å²) in [5.74, 6) is -1.14. The van der Waals surface area contributed by atoms with Crippen LogP contribution in [0.15, 0.2) is 59.5 Å². The first kappa shape index (κ1) is 21.0. The summed E-state index contributed by atoms with van der Waals surface area (Å²) in [6.07, 6.45) is 0.931. The number of carbonyl (C=O) groups excluding carboxylic acids is 2. The number of benzene rings is 2. The second-order valence-electron chi connectivity index (χ2n) is 6.96. The molecule has 1 aliphatic rings. The van der Waals surface area contributed by atoms with Gasteiger partial charge in [0.1, 0.15) is 6.04 Å². The zero-order chi connectivity index (χ0) is 20.9. The molecule has 1 N–H and O–H groups in total. The normalized spacial score (nSPS) is 17.1. The zero-order valence-corrected chi connectivity index (χ0v) is 17.0. The van der Waals surface area contributed by atoms with Crippen LogP contribution in [-0.2, 0) is 30.9 Å². The van der Waals surface area contributed by atoms with Crippen LogP contribution < -0.4 is 5.32 Å². The molecule has 1 fully saturated rings. The Morgan fingerprint density at radius 3 is 2.48 bits per heavy atom. The van der Waals surface area contributed by atoms with E-state index in [1.165, 1.54) is 16.4 Å². The van der Waals surface area contributed by atoms with Gasteiger partial charge in [-0.1, -0.05) is 48.0 Å². The summed E-state index contributed by atoms with van der Waals surface area (Å²) in [7, 11) is -3.80. The maximum atomic E-state index is 12.9. The van der Waals surface area contributed by atoms with Crippen molar-refractivity contribution in [3.63, 3.8) is 0 Å². The molecular formula is C21H24N2O5S. The Morgan fingerprint density at radius 1 is 1.10 bits per heavy atom. The third-order valence-electron chi connectivity index (χ3n) is 4.78. The van der Waals surface area contributed by atoms with Crippen molar-refractivity contribution < 1.29 is 22.7 Å². The Morgan fingerprint density at radius 2 is 1.79 bits per heavy atom. The zero-order valence-electron chi connectivity index (χ0n) is 16.2. The van der Waals surface area contributed by atoms with E-state index in [4.69, 9.17) is 4.74 Å². The Balaban J connectivity index is 1.57. The molecular weight excluding hydrogens is 392 g/mol. The van der Waals surface area contributed by atoms with Crippen LogP contribution in [-0.4, -0.2) is 43.8 Å². The predicted molar refractivity (Wildman–Crippen MR) is 107 cm³/mol. The smallest absolute Gasteiger partial charge is 0.324 e. The van der Waals surface area contributed by atoms with Crippen LogP contribution in [0.1, 0.15) is 24.0 Å². The Bertz CT molecular complexity index is 958. The lowest BCUT2D eigenvalue weighted by atomic mass is 10.2. The minimum atomic E-state index is -3.80. The molecule has 8 heteroatoms. The highest BCUT2D eigenvalue weighted by atomic mass is 32.2. The Kier molecular flexibility index (Phi) is 6.66. The molecule has 2 aromatic carbocycles. The number of amides is 1. The molecule has 0 aromatic heterocycles. The van der Waals surface area contributed by atoms with Gasteiger partial charge in [0.2, 0.25) is 10.0 Å². The number of rotatable bonds is 7. The standard InChI is InChI=1S/C21H24N2O5S/c1-16-9-11-18(12-10-16)29(26,27)23-13-5-8-19(23)21(25)28-15-20(24)22-14-17-6-3-2-4-7-17/h2-4,6-7,9-12,19H,5,8,13-15H2,1H3,(H,22,24)/t19-/m0/s1. The highest BCUT2D eigenvalue weighted by Gasteiger charge is 2.40. The number of nitrogens with zero attached hydrogens (tertiary/aromatic N) is 1. The van der Waals surface area contributed by atoms with Crippen LogP contribution in [0.5, 0.6) is 0 Å². The van der Waals surface area contributed by atoms with E-state index in [9.17, 15) is 18.0 Å². The second-order valence-corrected chi connectivity index (χ2v) is 8.85. The van der Waals surface area contributed by atoms with Gasteiger partial charge in [0.25, 0.3) is 5.91 Å². The summed E-state index contributed by atoms with van der Waals surface area (Å²) in [5.41, 5.74) is 1.88. The monoisotopic (exact) mass is 416 g/mol. The van der Waals surface area contributed by atoms with Gasteiger partial charge < -0.3 is 10.1 Å². The molecule has 0 bridgehead atoms. The number of ether oxygens (including phenoxy) is 1. The van der Waals surface area contributed by atoms with Gasteiger partial charge in [-0.2, -0.15) is 4.31 Å². The van der Waals surface area contributed by atoms with Crippen molar-refractivity contribution in [3.05, 3.63) is 65.7 Å². The fraction of sp³-hybridized carbons (Fsp3) is 0.333. The van der Waals surface area contributed by atoms with Gasteiger partial charge >= 0.3 is 5.97 Å². The third kappa shape index (κ3) is 5.21. The average Bonchev–Trinajstić information content (AvgIpc) is 3.22. The molecule has 3 rings (SSSR count). The number of nitrogens with one attached hydrogen (secondary N) is 1. The quantitative estimate of drug-likeness (QED) is 0.697. The van der Waals surface area contributed by atoms with Crippen molar-refractivity contribution in [2.75, 3.05) is 13.2 Å². The molecule has 1 aliphatic heterocycles. The van der Waals surface area contributed by atoms with E-state index < -0.39 is 34.5 Å². The van der Waals surface area contributed by atoms with E-state index in [-0.39, 0.29) is 11.4 Å². The van der Waals surface area contributed by atoms with E-state index >= 15 is 0 Å². The fourth-order valence-corrected chi connectivity index (χ4v) is 4.84. The van der Waals surface area contributed by atoms with Crippen LogP contribution in [0, 0.1) is 6.92 Å². The van der Waals surface area contributed by atoms with Gasteiger partial charge in [-0.15, -0.1) is 0 Å². The number of hydrogen-bond acceptors (Lipinski definition) is 5. The minimum absolute atomic E-state index is 0.142. The summed E-state index contributed by atoms with van der Waals surface area (Å²) in [5, 5.41) is 2.67. The van der Waals surface area contributed by atoms with Gasteiger partial charge in [-0.05, 0) is 37.5 Å². The van der Waals surface area contributed by atoms with E-state index in [1.807, 2.05) is 37.3 Å². The van der Waals surface area contributed by atoms with Crippen molar-refractivity contribution in [2.24, 2.45) is 0 Å². The van der Waals surface area contributed by atoms with E-state index in [0.29, 0.717) is 19.4 Å². The Hall–Kier alpha value is -2.71. The van der Waals surface area contributed by atoms with Crippen LogP contribution in [0.25, 0.3) is 0 Å². The molecule has 0 unspecified atom stereocenters. The molecule has 0 radical (unpaired) electrons. The van der Waals surface area contributed by atoms with Crippen molar-refractivity contribution in [1.82, 2.24) is 9.62 Å². The molecule has 2 aromatic rings. The predicted octanol–water partition coefficient (Wildman–Crippen LogP) is 2.01. The van der Waals surface area contributed by atoms with Crippen LogP contribution in [0.3, 0.4) is 0 Å². The summed E-state index contributed by atoms with van der Waals surface area (Å²) < 4.78 is 32.1. The molecule has 29 heavy (non-hydrogen) atoms. The minimum Gasteiger partial charge on any atom is -0.454 e. The first-order valence-electron chi connectivity index (χ1n) is 9.44. The Labute approximate surface area is 170 Å². The molecule has 1 atom stereocenters. The number of aryl methyl sites for hydroxylation is 1. The van der Waals surface area contributed by atoms with E-state index in [1.54, 1.807) is 12.1 Å². The summed E-state index contributed by atoms with van der Waals surface area (Å²) in [4.78, 5) is 24.5. The second kappa shape index (κ2) is 9.19. The number of sulfonamides is 1. The molecule has 7 nitrogen and oxygen atoms in total. The largest absolute Gasteiger partial charge is 0.454 e. The number of esters is 1. The number of carbonyl (C=O) groups is 2. The number of hydrogen-bond donors (Lipinski definition) is 1. The van der Waals surface area contributed by atoms with Crippen molar-refractivity contribution in [2.45, 2.75) is 37.2 Å². The highest BCUT2D eigenvalue weighted by Crippen LogP contribution is 2.27. The van der Waals surface area contributed by atoms with Crippen molar-refractivity contribution in [3.8, 4) is 0 Å². The molecule has 1 saturated heterocycles. The van der Waals surface area contributed by atoms with Crippen LogP contribution in [0.4, 0.5) is 0 Å². The average molecular weight is 416 g/mol. The maximum absolute atomic E-state index is 12.9. The van der Waals surface area contributed by atoms with Crippen molar-refractivity contribution >= 4 is 21.9 Å². The lowest BCUT2D eigenvalue weighted by Crippen LogP contribution is -2.42. The van der Waals surface area contributed by atoms with E-state index in [2.05, 4.69) is 5.32 Å². The van der Waals surface area contributed by atoms with Crippen LogP contribution >= 0.6 is 0 Å². The highest BCUT2D eigenvalue weighted by molar-refractivity contribution is 7.89. The van der Waals surface area contributed by atoms with Gasteiger partial charge in [0.05, 0.1) is 4.90 Å². The lowest BCUT2D eigenvalue weighted by molar-refractivity contribution is -0.151. The summed E-state index contributed by atoms with van der Waals surface area (Å²) in [6.45, 7) is 2.00. The fourth-order valence-electron chi connectivity index (χ4n) is 3.19. The van der Waals surface area contributed by atoms with Gasteiger partial charge in [0.15, 0.2) is 6.61 Å². The first-order chi connectivity index (χ1) is 13.9. The molecule has 1 heterocycles. The topological polar surface area (TPSA) is 92.8 Å².